The maximum absolute atomic E-state index is 11.9. The molecule has 0 saturated heterocycles. The minimum Gasteiger partial charge on any atom is -0.487 e. The van der Waals surface area contributed by atoms with E-state index in [-0.39, 0.29) is 6.16 Å². The van der Waals surface area contributed by atoms with Crippen molar-refractivity contribution in [3.63, 3.8) is 0 Å². The number of ether oxygens (including phenoxy) is 1. The molecule has 0 spiro atoms. The second kappa shape index (κ2) is 9.00. The first kappa shape index (κ1) is 20.6. The molecule has 1 aromatic heterocycles. The zero-order chi connectivity index (χ0) is 21.0. The molecule has 1 atom stereocenters. The molecule has 3 aromatic rings. The van der Waals surface area contributed by atoms with Crippen LogP contribution in [-0.2, 0) is 21.9 Å². The minimum atomic E-state index is -3.60. The molecule has 30 heavy (non-hydrogen) atoms. The highest BCUT2D eigenvalue weighted by Gasteiger charge is 2.27. The first-order chi connectivity index (χ1) is 14.5. The molecule has 2 aromatic carbocycles. The van der Waals surface area contributed by atoms with Crippen molar-refractivity contribution in [2.24, 2.45) is 0 Å². The molecule has 0 bridgehead atoms. The van der Waals surface area contributed by atoms with E-state index in [9.17, 15) is 9.46 Å². The Morgan fingerprint density at radius 3 is 2.73 bits per heavy atom. The Balaban J connectivity index is 1.50. The lowest BCUT2D eigenvalue weighted by atomic mass is 10.1. The second-order valence-corrected chi connectivity index (χ2v) is 9.39. The van der Waals surface area contributed by atoms with Crippen molar-refractivity contribution < 1.29 is 18.7 Å². The minimum absolute atomic E-state index is 0.0190. The van der Waals surface area contributed by atoms with Gasteiger partial charge in [-0.25, -0.2) is 0 Å². The largest absolute Gasteiger partial charge is 0.487 e. The van der Waals surface area contributed by atoms with Crippen LogP contribution in [0.15, 0.2) is 66.9 Å². The summed E-state index contributed by atoms with van der Waals surface area (Å²) in [5.41, 5.74) is 4.76. The van der Waals surface area contributed by atoms with Crippen molar-refractivity contribution in [3.8, 4) is 5.75 Å². The van der Waals surface area contributed by atoms with E-state index in [1.165, 1.54) is 25.5 Å². The van der Waals surface area contributed by atoms with Gasteiger partial charge < -0.3 is 19.5 Å². The number of hydrogen-bond donors (Lipinski definition) is 2. The van der Waals surface area contributed by atoms with Crippen molar-refractivity contribution in [1.82, 2.24) is 4.98 Å². The van der Waals surface area contributed by atoms with Crippen LogP contribution in [0.2, 0.25) is 0 Å². The van der Waals surface area contributed by atoms with Gasteiger partial charge in [0, 0.05) is 24.7 Å². The summed E-state index contributed by atoms with van der Waals surface area (Å²) in [7, 11) is -2.35. The molecule has 1 aliphatic rings. The molecule has 2 N–H and O–H groups in total. The zero-order valence-corrected chi connectivity index (χ0v) is 17.7. The van der Waals surface area contributed by atoms with Gasteiger partial charge >= 0.3 is 7.60 Å². The van der Waals surface area contributed by atoms with E-state index in [2.05, 4.69) is 16.4 Å². The van der Waals surface area contributed by atoms with Crippen LogP contribution in [0.1, 0.15) is 35.6 Å². The molecule has 1 aliphatic carbocycles. The number of rotatable bonds is 9. The highest BCUT2D eigenvalue weighted by Crippen LogP contribution is 2.46. The zero-order valence-electron chi connectivity index (χ0n) is 16.8. The smallest absolute Gasteiger partial charge is 0.332 e. The molecular weight excluding hydrogens is 399 g/mol. The number of aromatic nitrogens is 1. The van der Waals surface area contributed by atoms with Crippen LogP contribution in [0.3, 0.4) is 0 Å². The van der Waals surface area contributed by atoms with Crippen LogP contribution >= 0.6 is 7.60 Å². The summed E-state index contributed by atoms with van der Waals surface area (Å²) in [5.74, 6) is 1.35. The fourth-order valence-corrected chi connectivity index (χ4v) is 4.10. The van der Waals surface area contributed by atoms with Crippen molar-refractivity contribution in [3.05, 3.63) is 83.7 Å². The maximum atomic E-state index is 11.9. The van der Waals surface area contributed by atoms with Gasteiger partial charge in [-0.3, -0.25) is 9.55 Å². The highest BCUT2D eigenvalue weighted by molar-refractivity contribution is 7.51. The summed E-state index contributed by atoms with van der Waals surface area (Å²) >= 11 is 0. The number of benzene rings is 2. The van der Waals surface area contributed by atoms with Gasteiger partial charge in [-0.2, -0.15) is 0 Å². The van der Waals surface area contributed by atoms with Crippen LogP contribution in [-0.4, -0.2) is 17.0 Å². The second-order valence-electron chi connectivity index (χ2n) is 7.44. The summed E-state index contributed by atoms with van der Waals surface area (Å²) in [6.07, 6.45) is 4.08. The molecule has 7 heteroatoms. The van der Waals surface area contributed by atoms with Crippen LogP contribution in [0.25, 0.3) is 0 Å². The molecule has 1 heterocycles. The third kappa shape index (κ3) is 5.48. The fourth-order valence-electron chi connectivity index (χ4n) is 3.32. The lowest BCUT2D eigenvalue weighted by molar-refractivity contribution is 0.301. The Kier molecular flexibility index (Phi) is 6.18. The lowest BCUT2D eigenvalue weighted by Gasteiger charge is -2.15. The summed E-state index contributed by atoms with van der Waals surface area (Å²) < 4.78 is 22.5. The summed E-state index contributed by atoms with van der Waals surface area (Å²) in [5, 5.41) is 3.46. The van der Waals surface area contributed by atoms with Gasteiger partial charge in [-0.1, -0.05) is 18.2 Å². The normalized spacial score (nSPS) is 15.4. The van der Waals surface area contributed by atoms with Gasteiger partial charge in [0.25, 0.3) is 0 Å². The number of hydrogen-bond acceptors (Lipinski definition) is 5. The van der Waals surface area contributed by atoms with Crippen LogP contribution in [0.4, 0.5) is 11.4 Å². The molecular formula is C23H25N2O4P. The molecule has 6 nitrogen and oxygen atoms in total. The Labute approximate surface area is 176 Å². The van der Waals surface area contributed by atoms with E-state index >= 15 is 0 Å². The van der Waals surface area contributed by atoms with Crippen LogP contribution in [0.5, 0.6) is 5.75 Å². The fraction of sp³-hybridized carbons (Fsp3) is 0.261. The van der Waals surface area contributed by atoms with Crippen molar-refractivity contribution in [1.29, 1.82) is 0 Å². The van der Waals surface area contributed by atoms with Crippen molar-refractivity contribution >= 4 is 19.0 Å². The van der Waals surface area contributed by atoms with E-state index in [0.717, 1.165) is 28.4 Å². The molecule has 1 fully saturated rings. The summed E-state index contributed by atoms with van der Waals surface area (Å²) in [6, 6.07) is 19.4. The Bertz CT molecular complexity index is 1050. The van der Waals surface area contributed by atoms with E-state index in [1.807, 2.05) is 54.6 Å². The van der Waals surface area contributed by atoms with Crippen molar-refractivity contribution in [2.75, 3.05) is 12.4 Å². The average molecular weight is 424 g/mol. The number of anilines is 2. The van der Waals surface area contributed by atoms with Gasteiger partial charge in [0.05, 0.1) is 11.9 Å². The number of nitrogens with one attached hydrogen (secondary N) is 1. The third-order valence-corrected chi connectivity index (χ3v) is 6.36. The monoisotopic (exact) mass is 424 g/mol. The van der Waals surface area contributed by atoms with Crippen LogP contribution < -0.4 is 10.1 Å². The van der Waals surface area contributed by atoms with E-state index < -0.39 is 7.60 Å². The molecule has 0 aliphatic heterocycles. The predicted molar refractivity (Wildman–Crippen MR) is 117 cm³/mol. The topological polar surface area (TPSA) is 80.7 Å². The van der Waals surface area contributed by atoms with E-state index in [0.29, 0.717) is 12.5 Å². The van der Waals surface area contributed by atoms with Gasteiger partial charge in [0.1, 0.15) is 12.4 Å². The Morgan fingerprint density at radius 1 is 1.13 bits per heavy atom. The average Bonchev–Trinajstić information content (AvgIpc) is 3.59. The van der Waals surface area contributed by atoms with E-state index in [4.69, 9.17) is 9.26 Å². The van der Waals surface area contributed by atoms with Gasteiger partial charge in [0.15, 0.2) is 0 Å². The number of pyridine rings is 1. The van der Waals surface area contributed by atoms with E-state index in [1.54, 1.807) is 6.20 Å². The molecule has 1 unspecified atom stereocenters. The number of nitrogens with zero attached hydrogens (tertiary/aromatic N) is 1. The quantitative estimate of drug-likeness (QED) is 0.435. The standard InChI is InChI=1S/C23H25N2O4P/c1-28-30(26,27)16-17-5-4-7-19(13-17)25-23-11-10-21(14-22(23)18-8-9-18)29-15-20-6-2-3-12-24-20/h2-7,10-14,18,25H,8-9,15-16H2,1H3,(H,26,27). The Hall–Kier alpha value is -2.66. The van der Waals surface area contributed by atoms with Gasteiger partial charge in [0.2, 0.25) is 0 Å². The molecule has 1 saturated carbocycles. The summed E-state index contributed by atoms with van der Waals surface area (Å²) in [6.45, 7) is 0.431. The third-order valence-electron chi connectivity index (χ3n) is 5.03. The molecule has 0 amide bonds. The predicted octanol–water partition coefficient (Wildman–Crippen LogP) is 5.61. The first-order valence-electron chi connectivity index (χ1n) is 9.92. The van der Waals surface area contributed by atoms with Crippen molar-refractivity contribution in [2.45, 2.75) is 31.5 Å². The molecule has 156 valence electrons. The van der Waals surface area contributed by atoms with Crippen LogP contribution in [0, 0.1) is 0 Å². The lowest BCUT2D eigenvalue weighted by Crippen LogP contribution is -2.00. The molecule has 4 rings (SSSR count). The SMILES string of the molecule is COP(=O)(O)Cc1cccc(Nc2ccc(OCc3ccccn3)cc2C2CC2)c1. The Morgan fingerprint density at radius 2 is 2.00 bits per heavy atom. The summed E-state index contributed by atoms with van der Waals surface area (Å²) in [4.78, 5) is 14.0. The maximum Gasteiger partial charge on any atom is 0.332 e. The van der Waals surface area contributed by atoms with Gasteiger partial charge in [-0.15, -0.1) is 0 Å². The highest BCUT2D eigenvalue weighted by atomic mass is 31.2. The first-order valence-corrected chi connectivity index (χ1v) is 11.7. The van der Waals surface area contributed by atoms with Gasteiger partial charge in [-0.05, 0) is 72.4 Å². The molecule has 0 radical (unpaired) electrons.